The summed E-state index contributed by atoms with van der Waals surface area (Å²) in [4.78, 5) is 0.00759. The first-order valence-corrected chi connectivity index (χ1v) is 8.13. The zero-order valence-electron chi connectivity index (χ0n) is 12.8. The van der Waals surface area contributed by atoms with E-state index >= 15 is 0 Å². The lowest BCUT2D eigenvalue weighted by atomic mass is 10.1. The summed E-state index contributed by atoms with van der Waals surface area (Å²) in [5.74, 6) is -0.345. The van der Waals surface area contributed by atoms with Gasteiger partial charge in [0, 0.05) is 19.8 Å². The van der Waals surface area contributed by atoms with Gasteiger partial charge >= 0.3 is 6.18 Å². The summed E-state index contributed by atoms with van der Waals surface area (Å²) in [5.41, 5.74) is 4.34. The van der Waals surface area contributed by atoms with Crippen LogP contribution in [-0.2, 0) is 16.2 Å². The number of halogens is 3. The molecule has 0 spiro atoms. The molecule has 0 aliphatic rings. The second-order valence-corrected chi connectivity index (χ2v) is 7.27. The minimum Gasteiger partial charge on any atom is -0.457 e. The number of nitrogen functional groups attached to an aromatic ring is 1. The highest BCUT2D eigenvalue weighted by molar-refractivity contribution is 7.89. The molecular weight excluding hydrogens is 345 g/mol. The Morgan fingerprint density at radius 1 is 1.04 bits per heavy atom. The fourth-order valence-corrected chi connectivity index (χ4v) is 2.78. The lowest BCUT2D eigenvalue weighted by Gasteiger charge is -2.15. The highest BCUT2D eigenvalue weighted by Crippen LogP contribution is 2.39. The predicted octanol–water partition coefficient (Wildman–Crippen LogP) is 3.33. The highest BCUT2D eigenvalue weighted by atomic mass is 32.2. The highest BCUT2D eigenvalue weighted by Gasteiger charge is 2.34. The van der Waals surface area contributed by atoms with Crippen LogP contribution in [-0.4, -0.2) is 26.8 Å². The van der Waals surface area contributed by atoms with E-state index in [1.54, 1.807) is 0 Å². The van der Waals surface area contributed by atoms with Crippen LogP contribution in [0.2, 0.25) is 0 Å². The van der Waals surface area contributed by atoms with Crippen molar-refractivity contribution < 1.29 is 26.3 Å². The SMILES string of the molecule is CN(C)S(=O)(=O)c1ccc(Oc2ccc(N)cc2C(F)(F)F)cc1. The molecule has 2 aromatic carbocycles. The van der Waals surface area contributed by atoms with Crippen LogP contribution in [0.15, 0.2) is 47.4 Å². The van der Waals surface area contributed by atoms with Gasteiger partial charge in [-0.3, -0.25) is 0 Å². The zero-order chi connectivity index (χ0) is 18.1. The molecule has 2 N–H and O–H groups in total. The Morgan fingerprint density at radius 2 is 1.62 bits per heavy atom. The molecule has 0 amide bonds. The van der Waals surface area contributed by atoms with Gasteiger partial charge in [-0.25, -0.2) is 12.7 Å². The Labute approximate surface area is 137 Å². The van der Waals surface area contributed by atoms with Crippen molar-refractivity contribution in [2.75, 3.05) is 19.8 Å². The smallest absolute Gasteiger partial charge is 0.420 e. The van der Waals surface area contributed by atoms with Gasteiger partial charge in [0.25, 0.3) is 0 Å². The first-order chi connectivity index (χ1) is 11.0. The van der Waals surface area contributed by atoms with Crippen molar-refractivity contribution in [3.8, 4) is 11.5 Å². The molecule has 5 nitrogen and oxygen atoms in total. The van der Waals surface area contributed by atoms with Crippen molar-refractivity contribution in [1.29, 1.82) is 0 Å². The van der Waals surface area contributed by atoms with Crippen LogP contribution in [0.1, 0.15) is 5.56 Å². The first kappa shape index (κ1) is 18.1. The van der Waals surface area contributed by atoms with Crippen molar-refractivity contribution in [2.24, 2.45) is 0 Å². The number of nitrogens with zero attached hydrogens (tertiary/aromatic N) is 1. The van der Waals surface area contributed by atoms with E-state index in [2.05, 4.69) is 0 Å². The second-order valence-electron chi connectivity index (χ2n) is 5.11. The molecule has 130 valence electrons. The largest absolute Gasteiger partial charge is 0.457 e. The number of sulfonamides is 1. The molecule has 2 aromatic rings. The van der Waals surface area contributed by atoms with Crippen molar-refractivity contribution >= 4 is 15.7 Å². The Hall–Kier alpha value is -2.26. The number of alkyl halides is 3. The van der Waals surface area contributed by atoms with Gasteiger partial charge < -0.3 is 10.5 Å². The van der Waals surface area contributed by atoms with Gasteiger partial charge in [0.2, 0.25) is 10.0 Å². The van der Waals surface area contributed by atoms with Crippen LogP contribution < -0.4 is 10.5 Å². The molecule has 0 saturated heterocycles. The lowest BCUT2D eigenvalue weighted by Crippen LogP contribution is -2.22. The molecule has 0 radical (unpaired) electrons. The molecule has 0 saturated carbocycles. The predicted molar refractivity (Wildman–Crippen MR) is 83.2 cm³/mol. The normalized spacial score (nSPS) is 12.4. The summed E-state index contributed by atoms with van der Waals surface area (Å²) in [5, 5.41) is 0. The quantitative estimate of drug-likeness (QED) is 0.849. The summed E-state index contributed by atoms with van der Waals surface area (Å²) in [7, 11) is -0.865. The Bertz CT molecular complexity index is 832. The molecule has 9 heteroatoms. The maximum atomic E-state index is 13.0. The van der Waals surface area contributed by atoms with Crippen LogP contribution in [0.5, 0.6) is 11.5 Å². The van der Waals surface area contributed by atoms with E-state index in [4.69, 9.17) is 10.5 Å². The minimum atomic E-state index is -4.63. The van der Waals surface area contributed by atoms with Crippen molar-refractivity contribution in [3.63, 3.8) is 0 Å². The molecule has 0 unspecified atom stereocenters. The Morgan fingerprint density at radius 3 is 2.12 bits per heavy atom. The molecule has 0 fully saturated rings. The van der Waals surface area contributed by atoms with Crippen LogP contribution in [0.4, 0.5) is 18.9 Å². The summed E-state index contributed by atoms with van der Waals surface area (Å²) >= 11 is 0. The molecule has 0 aliphatic carbocycles. The summed E-state index contributed by atoms with van der Waals surface area (Å²) in [6.07, 6.45) is -4.63. The van der Waals surface area contributed by atoms with Crippen LogP contribution in [0, 0.1) is 0 Å². The van der Waals surface area contributed by atoms with E-state index < -0.39 is 27.5 Å². The third kappa shape index (κ3) is 3.80. The fraction of sp³-hybridized carbons (Fsp3) is 0.200. The summed E-state index contributed by atoms with van der Waals surface area (Å²) in [6.45, 7) is 0. The maximum Gasteiger partial charge on any atom is 0.420 e. The van der Waals surface area contributed by atoms with Crippen molar-refractivity contribution in [2.45, 2.75) is 11.1 Å². The van der Waals surface area contributed by atoms with Crippen LogP contribution >= 0.6 is 0 Å². The standard InChI is InChI=1S/C15H15F3N2O3S/c1-20(2)24(21,22)12-6-4-11(5-7-12)23-14-8-3-10(19)9-13(14)15(16,17)18/h3-9H,19H2,1-2H3. The molecule has 24 heavy (non-hydrogen) atoms. The minimum absolute atomic E-state index is 0.00759. The molecule has 0 aliphatic heterocycles. The van der Waals surface area contributed by atoms with Gasteiger partial charge in [-0.1, -0.05) is 0 Å². The number of hydrogen-bond donors (Lipinski definition) is 1. The van der Waals surface area contributed by atoms with E-state index in [1.165, 1.54) is 44.4 Å². The number of anilines is 1. The van der Waals surface area contributed by atoms with Crippen molar-refractivity contribution in [1.82, 2.24) is 4.31 Å². The Balaban J connectivity index is 2.34. The van der Waals surface area contributed by atoms with E-state index in [-0.39, 0.29) is 16.3 Å². The number of benzene rings is 2. The monoisotopic (exact) mass is 360 g/mol. The van der Waals surface area contributed by atoms with E-state index in [9.17, 15) is 21.6 Å². The van der Waals surface area contributed by atoms with Gasteiger partial charge in [0.1, 0.15) is 17.1 Å². The zero-order valence-corrected chi connectivity index (χ0v) is 13.6. The number of ether oxygens (including phenoxy) is 1. The first-order valence-electron chi connectivity index (χ1n) is 6.69. The third-order valence-corrected chi connectivity index (χ3v) is 4.97. The average Bonchev–Trinajstić information content (AvgIpc) is 2.48. The van der Waals surface area contributed by atoms with E-state index in [0.717, 1.165) is 16.4 Å². The van der Waals surface area contributed by atoms with Crippen LogP contribution in [0.25, 0.3) is 0 Å². The van der Waals surface area contributed by atoms with Crippen molar-refractivity contribution in [3.05, 3.63) is 48.0 Å². The van der Waals surface area contributed by atoms with Gasteiger partial charge in [-0.05, 0) is 42.5 Å². The molecule has 0 bridgehead atoms. The van der Waals surface area contributed by atoms with Gasteiger partial charge in [-0.2, -0.15) is 13.2 Å². The molecule has 0 atom stereocenters. The van der Waals surface area contributed by atoms with Gasteiger partial charge in [0.15, 0.2) is 0 Å². The Kier molecular flexibility index (Phi) is 4.77. The topological polar surface area (TPSA) is 72.6 Å². The number of hydrogen-bond acceptors (Lipinski definition) is 4. The molecule has 2 rings (SSSR count). The average molecular weight is 360 g/mol. The molecular formula is C15H15F3N2O3S. The number of nitrogens with two attached hydrogens (primary N) is 1. The van der Waals surface area contributed by atoms with Gasteiger partial charge in [-0.15, -0.1) is 0 Å². The molecule has 0 heterocycles. The lowest BCUT2D eigenvalue weighted by molar-refractivity contribution is -0.138. The van der Waals surface area contributed by atoms with Crippen LogP contribution in [0.3, 0.4) is 0 Å². The fourth-order valence-electron chi connectivity index (χ4n) is 1.88. The summed E-state index contributed by atoms with van der Waals surface area (Å²) < 4.78 is 69.2. The summed E-state index contributed by atoms with van der Waals surface area (Å²) in [6, 6.07) is 8.27. The third-order valence-electron chi connectivity index (χ3n) is 3.14. The van der Waals surface area contributed by atoms with Gasteiger partial charge in [0.05, 0.1) is 4.90 Å². The number of rotatable bonds is 4. The molecule has 0 aromatic heterocycles. The van der Waals surface area contributed by atoms with E-state index in [0.29, 0.717) is 0 Å². The maximum absolute atomic E-state index is 13.0. The van der Waals surface area contributed by atoms with E-state index in [1.807, 2.05) is 0 Å². The second kappa shape index (κ2) is 6.33.